The van der Waals surface area contributed by atoms with E-state index in [1.807, 2.05) is 22.9 Å². The van der Waals surface area contributed by atoms with E-state index in [-0.39, 0.29) is 54.5 Å². The van der Waals surface area contributed by atoms with Crippen LogP contribution in [0.25, 0.3) is 0 Å². The molecule has 5 amide bonds. The zero-order valence-corrected chi connectivity index (χ0v) is 31.1. The van der Waals surface area contributed by atoms with Crippen molar-refractivity contribution >= 4 is 40.9 Å². The van der Waals surface area contributed by atoms with Crippen LogP contribution in [0.5, 0.6) is 0 Å². The number of aromatic amines is 1. The predicted molar refractivity (Wildman–Crippen MR) is 200 cm³/mol. The van der Waals surface area contributed by atoms with Crippen LogP contribution < -0.4 is 16.0 Å². The monoisotopic (exact) mass is 781 g/mol. The van der Waals surface area contributed by atoms with E-state index in [0.717, 1.165) is 23.6 Å². The normalized spacial score (nSPS) is 24.3. The van der Waals surface area contributed by atoms with E-state index in [4.69, 9.17) is 4.74 Å². The summed E-state index contributed by atoms with van der Waals surface area (Å²) in [6, 6.07) is 13.8. The highest BCUT2D eigenvalue weighted by molar-refractivity contribution is 6.25. The summed E-state index contributed by atoms with van der Waals surface area (Å²) in [4.78, 5) is 67.0. The molecule has 9 rings (SSSR count). The van der Waals surface area contributed by atoms with E-state index in [1.165, 1.54) is 0 Å². The molecule has 3 fully saturated rings. The Morgan fingerprint density at radius 3 is 2.65 bits per heavy atom. The molecule has 0 spiro atoms. The topological polar surface area (TPSA) is 184 Å². The van der Waals surface area contributed by atoms with Gasteiger partial charge in [-0.25, -0.2) is 8.78 Å². The number of nitrogens with zero attached hydrogens (tertiary/aromatic N) is 5. The molecule has 296 valence electrons. The highest BCUT2D eigenvalue weighted by Crippen LogP contribution is 2.70. The number of rotatable bonds is 13. The number of alkyl halides is 2. The number of aromatic nitrogens is 4. The van der Waals surface area contributed by atoms with Gasteiger partial charge in [0.25, 0.3) is 23.6 Å². The van der Waals surface area contributed by atoms with Gasteiger partial charge in [0.1, 0.15) is 6.04 Å². The van der Waals surface area contributed by atoms with Crippen LogP contribution in [-0.2, 0) is 27.2 Å². The molecular weight excluding hydrogens is 740 g/mol. The van der Waals surface area contributed by atoms with Crippen LogP contribution in [0.2, 0.25) is 0 Å². The van der Waals surface area contributed by atoms with Crippen LogP contribution in [0.4, 0.5) is 20.2 Å². The van der Waals surface area contributed by atoms with Crippen molar-refractivity contribution in [2.45, 2.75) is 50.6 Å². The van der Waals surface area contributed by atoms with Crippen LogP contribution in [0.15, 0.2) is 60.9 Å². The molecule has 3 aliphatic heterocycles. The molecule has 5 aliphatic rings. The maximum Gasteiger partial charge on any atom is 0.276 e. The van der Waals surface area contributed by atoms with Gasteiger partial charge in [-0.3, -0.25) is 44.0 Å². The van der Waals surface area contributed by atoms with Crippen LogP contribution in [0.1, 0.15) is 73.8 Å². The zero-order valence-electron chi connectivity index (χ0n) is 31.1. The fourth-order valence-corrected chi connectivity index (χ4v) is 9.04. The predicted octanol–water partition coefficient (Wildman–Crippen LogP) is 3.28. The Kier molecular flexibility index (Phi) is 9.03. The van der Waals surface area contributed by atoms with Crippen molar-refractivity contribution in [3.8, 4) is 0 Å². The van der Waals surface area contributed by atoms with Gasteiger partial charge in [0.2, 0.25) is 11.8 Å². The summed E-state index contributed by atoms with van der Waals surface area (Å²) >= 11 is 0. The second kappa shape index (κ2) is 14.0. The SMILES string of the molecule is C[C@@]12Cc3[nH]nc(C(=O)Nc4cnn([C@H](c5ccccc5)C5CN(CCOCCNc6cccc7c6C(=O)N(C6CCC(=O)NC6=O)C7=O)C5)c4)c3C[C@@H]1C2(F)F. The maximum absolute atomic E-state index is 14.4. The molecular formula is C40H41F2N9O6. The van der Waals surface area contributed by atoms with Crippen molar-refractivity contribution in [3.63, 3.8) is 0 Å². The molecule has 5 heterocycles. The highest BCUT2D eigenvalue weighted by Gasteiger charge is 2.78. The first-order valence-electron chi connectivity index (χ1n) is 19.2. The van der Waals surface area contributed by atoms with Gasteiger partial charge < -0.3 is 20.3 Å². The van der Waals surface area contributed by atoms with Gasteiger partial charge in [-0.15, -0.1) is 0 Å². The number of carbonyl (C=O) groups is 5. The number of carbonyl (C=O) groups excluding carboxylic acids is 5. The summed E-state index contributed by atoms with van der Waals surface area (Å²) in [5, 5.41) is 19.9. The first kappa shape index (κ1) is 36.8. The Bertz CT molecular complexity index is 2290. The number of imide groups is 2. The summed E-state index contributed by atoms with van der Waals surface area (Å²) in [6.45, 7) is 5.09. The molecule has 57 heavy (non-hydrogen) atoms. The van der Waals surface area contributed by atoms with Crippen molar-refractivity contribution in [2.75, 3.05) is 50.0 Å². The standard InChI is InChI=1S/C40H41F2N9O6/c1-39-17-28-26(16-30(39)40(39,41)42)33(48-47-28)36(54)45-24-18-44-50(21-24)34(22-6-3-2-4-7-22)23-19-49(20-23)13-15-57-14-12-43-27-9-5-8-25-32(27)38(56)51(37(25)55)29-10-11-31(52)46-35(29)53/h2-9,18,21,23,29-30,34,43H,10-17,19-20H2,1H3,(H,45,54)(H,47,48)(H,46,52,53)/t29?,30-,34+,39+/m0/s1. The van der Waals surface area contributed by atoms with Gasteiger partial charge in [-0.2, -0.15) is 10.2 Å². The van der Waals surface area contributed by atoms with Gasteiger partial charge in [-0.05, 0) is 30.5 Å². The van der Waals surface area contributed by atoms with Crippen LogP contribution >= 0.6 is 0 Å². The molecule has 2 aromatic heterocycles. The number of amides is 5. The third kappa shape index (κ3) is 6.28. The van der Waals surface area contributed by atoms with Crippen molar-refractivity contribution < 1.29 is 37.5 Å². The molecule has 4 N–H and O–H groups in total. The van der Waals surface area contributed by atoms with Crippen LogP contribution in [0, 0.1) is 17.3 Å². The minimum Gasteiger partial charge on any atom is -0.382 e. The maximum atomic E-state index is 14.4. The number of hydrogen-bond donors (Lipinski definition) is 4. The molecule has 2 aliphatic carbocycles. The quantitative estimate of drug-likeness (QED) is 0.116. The summed E-state index contributed by atoms with van der Waals surface area (Å²) in [6.07, 6.45) is 3.80. The molecule has 1 unspecified atom stereocenters. The average molecular weight is 782 g/mol. The highest BCUT2D eigenvalue weighted by atomic mass is 19.3. The second-order valence-electron chi connectivity index (χ2n) is 15.8. The lowest BCUT2D eigenvalue weighted by Crippen LogP contribution is -2.54. The van der Waals surface area contributed by atoms with Crippen molar-refractivity contribution in [2.24, 2.45) is 17.3 Å². The van der Waals surface area contributed by atoms with Crippen LogP contribution in [-0.4, -0.2) is 111 Å². The van der Waals surface area contributed by atoms with Gasteiger partial charge in [0.05, 0.1) is 42.3 Å². The number of halogens is 2. The van der Waals surface area contributed by atoms with Crippen molar-refractivity contribution in [1.29, 1.82) is 0 Å². The minimum absolute atomic E-state index is 0.0521. The number of fused-ring (bicyclic) bond motifs is 3. The van der Waals surface area contributed by atoms with Crippen LogP contribution in [0.3, 0.4) is 0 Å². The lowest BCUT2D eigenvalue weighted by molar-refractivity contribution is -0.136. The number of ether oxygens (including phenoxy) is 1. The lowest BCUT2D eigenvalue weighted by atomic mass is 9.87. The van der Waals surface area contributed by atoms with Crippen molar-refractivity contribution in [3.05, 3.63) is 94.6 Å². The zero-order chi connectivity index (χ0) is 39.6. The number of hydrogen-bond acceptors (Lipinski definition) is 10. The number of benzene rings is 2. The molecule has 4 aromatic rings. The van der Waals surface area contributed by atoms with Gasteiger partial charge in [0.15, 0.2) is 5.69 Å². The average Bonchev–Trinajstić information content (AvgIpc) is 3.68. The van der Waals surface area contributed by atoms with E-state index in [1.54, 1.807) is 37.5 Å². The van der Waals surface area contributed by atoms with Gasteiger partial charge in [-0.1, -0.05) is 43.3 Å². The largest absolute Gasteiger partial charge is 0.382 e. The number of anilines is 2. The van der Waals surface area contributed by atoms with E-state index < -0.39 is 52.8 Å². The Balaban J connectivity index is 0.761. The van der Waals surface area contributed by atoms with E-state index in [0.29, 0.717) is 48.9 Å². The fourth-order valence-electron chi connectivity index (χ4n) is 9.04. The lowest BCUT2D eigenvalue weighted by Gasteiger charge is -2.43. The smallest absolute Gasteiger partial charge is 0.276 e. The van der Waals surface area contributed by atoms with Gasteiger partial charge in [0, 0.05) is 79.4 Å². The van der Waals surface area contributed by atoms with E-state index in [2.05, 4.69) is 48.3 Å². The third-order valence-corrected chi connectivity index (χ3v) is 12.3. The Morgan fingerprint density at radius 2 is 1.86 bits per heavy atom. The second-order valence-corrected chi connectivity index (χ2v) is 15.8. The molecule has 0 radical (unpaired) electrons. The molecule has 2 saturated heterocycles. The first-order valence-corrected chi connectivity index (χ1v) is 19.2. The number of H-pyrrole nitrogens is 1. The Hall–Kier alpha value is -5.81. The number of likely N-dealkylation sites (tertiary alicyclic amines) is 1. The number of nitrogens with one attached hydrogen (secondary N) is 4. The van der Waals surface area contributed by atoms with Crippen molar-refractivity contribution in [1.82, 2.24) is 35.1 Å². The molecule has 1 saturated carbocycles. The molecule has 15 nitrogen and oxygen atoms in total. The Labute approximate surface area is 325 Å². The Morgan fingerprint density at radius 1 is 1.05 bits per heavy atom. The summed E-state index contributed by atoms with van der Waals surface area (Å²) in [7, 11) is 0. The number of piperidine rings is 1. The molecule has 0 bridgehead atoms. The minimum atomic E-state index is -2.75. The third-order valence-electron chi connectivity index (χ3n) is 12.3. The summed E-state index contributed by atoms with van der Waals surface area (Å²) in [5.41, 5.74) is 2.66. The summed E-state index contributed by atoms with van der Waals surface area (Å²) in [5.74, 6) is -5.97. The van der Waals surface area contributed by atoms with E-state index >= 15 is 0 Å². The fraction of sp³-hybridized carbons (Fsp3) is 0.425. The summed E-state index contributed by atoms with van der Waals surface area (Å²) < 4.78 is 36.6. The molecule has 2 aromatic carbocycles. The first-order chi connectivity index (χ1) is 27.4. The molecule has 4 atom stereocenters. The van der Waals surface area contributed by atoms with E-state index in [9.17, 15) is 32.8 Å². The molecule has 17 heteroatoms. The van der Waals surface area contributed by atoms with Gasteiger partial charge >= 0.3 is 0 Å².